The Morgan fingerprint density at radius 3 is 2.15 bits per heavy atom. The number of esters is 2. The van der Waals surface area contributed by atoms with Gasteiger partial charge in [0, 0.05) is 12.8 Å². The van der Waals surface area contributed by atoms with Crippen LogP contribution in [0, 0.1) is 6.92 Å². The van der Waals surface area contributed by atoms with Crippen LogP contribution in [-0.4, -0.2) is 48.7 Å². The number of aryl methyl sites for hydroxylation is 1. The number of amides is 3. The first-order valence-electron chi connectivity index (χ1n) is 10.4. The molecule has 11 nitrogen and oxygen atoms in total. The van der Waals surface area contributed by atoms with Gasteiger partial charge in [-0.05, 0) is 45.0 Å². The van der Waals surface area contributed by atoms with Crippen LogP contribution in [0.15, 0.2) is 28.7 Å². The monoisotopic (exact) mass is 470 g/mol. The highest BCUT2D eigenvalue weighted by molar-refractivity contribution is 6.19. The molecular weight excluding hydrogens is 448 g/mol. The van der Waals surface area contributed by atoms with Gasteiger partial charge in [-0.1, -0.05) is 0 Å². The van der Waals surface area contributed by atoms with E-state index in [1.165, 1.54) is 38.1 Å². The number of benzene rings is 1. The fraction of sp³-hybridized carbons (Fsp3) is 0.304. The van der Waals surface area contributed by atoms with Crippen molar-refractivity contribution in [2.24, 2.45) is 0 Å². The Labute approximate surface area is 194 Å². The minimum absolute atomic E-state index is 0.0131. The molecule has 2 heterocycles. The maximum absolute atomic E-state index is 12.3. The fourth-order valence-corrected chi connectivity index (χ4v) is 3.44. The number of anilines is 2. The molecule has 1 saturated heterocycles. The van der Waals surface area contributed by atoms with Crippen LogP contribution in [-0.2, 0) is 23.9 Å². The van der Waals surface area contributed by atoms with Gasteiger partial charge in [-0.3, -0.25) is 29.4 Å². The minimum Gasteiger partial charge on any atom is -0.462 e. The van der Waals surface area contributed by atoms with Crippen molar-refractivity contribution in [3.63, 3.8) is 0 Å². The summed E-state index contributed by atoms with van der Waals surface area (Å²) in [7, 11) is 0. The Kier molecular flexibility index (Phi) is 7.24. The van der Waals surface area contributed by atoms with Gasteiger partial charge in [-0.2, -0.15) is 0 Å². The van der Waals surface area contributed by atoms with Crippen LogP contribution in [0.4, 0.5) is 11.6 Å². The molecule has 11 heteroatoms. The number of ketones is 1. The van der Waals surface area contributed by atoms with E-state index in [0.29, 0.717) is 5.69 Å². The van der Waals surface area contributed by atoms with E-state index in [2.05, 4.69) is 5.32 Å². The van der Waals surface area contributed by atoms with Crippen LogP contribution in [0.3, 0.4) is 0 Å². The smallest absolute Gasteiger partial charge is 0.344 e. The van der Waals surface area contributed by atoms with Gasteiger partial charge < -0.3 is 13.9 Å². The first kappa shape index (κ1) is 24.4. The highest BCUT2D eigenvalue weighted by atomic mass is 16.5. The summed E-state index contributed by atoms with van der Waals surface area (Å²) in [6, 6.07) is 5.58. The third kappa shape index (κ3) is 5.03. The first-order valence-corrected chi connectivity index (χ1v) is 10.4. The maximum atomic E-state index is 12.3. The summed E-state index contributed by atoms with van der Waals surface area (Å²) in [6.45, 7) is 3.63. The van der Waals surface area contributed by atoms with Crippen molar-refractivity contribution in [1.82, 2.24) is 0 Å². The number of nitrogens with zero attached hydrogens (tertiary/aromatic N) is 1. The van der Waals surface area contributed by atoms with Crippen LogP contribution in [0.5, 0.6) is 0 Å². The first-order chi connectivity index (χ1) is 16.1. The summed E-state index contributed by atoms with van der Waals surface area (Å²) in [4.78, 5) is 73.4. The topological polar surface area (TPSA) is 149 Å². The number of hydrogen-bond acceptors (Lipinski definition) is 9. The van der Waals surface area contributed by atoms with Gasteiger partial charge in [-0.25, -0.2) is 9.59 Å². The molecule has 2 aromatic rings. The fourth-order valence-electron chi connectivity index (χ4n) is 3.44. The molecule has 1 aromatic carbocycles. The summed E-state index contributed by atoms with van der Waals surface area (Å²) in [5.41, 5.74) is 0.201. The van der Waals surface area contributed by atoms with Crippen LogP contribution >= 0.6 is 0 Å². The Hall–Kier alpha value is -4.28. The maximum Gasteiger partial charge on any atom is 0.344 e. The lowest BCUT2D eigenvalue weighted by Crippen LogP contribution is -2.28. The van der Waals surface area contributed by atoms with Crippen LogP contribution in [0.1, 0.15) is 63.5 Å². The summed E-state index contributed by atoms with van der Waals surface area (Å²) in [6.07, 6.45) is 0.275. The van der Waals surface area contributed by atoms with Gasteiger partial charge in [0.15, 0.2) is 12.4 Å². The lowest BCUT2D eigenvalue weighted by molar-refractivity contribution is -0.121. The van der Waals surface area contributed by atoms with Crippen molar-refractivity contribution in [3.8, 4) is 0 Å². The van der Waals surface area contributed by atoms with E-state index >= 15 is 0 Å². The van der Waals surface area contributed by atoms with Gasteiger partial charge in [-0.15, -0.1) is 0 Å². The molecule has 0 atom stereocenters. The molecule has 34 heavy (non-hydrogen) atoms. The highest BCUT2D eigenvalue weighted by Gasteiger charge is 2.31. The average Bonchev–Trinajstić information content (AvgIpc) is 3.30. The highest BCUT2D eigenvalue weighted by Crippen LogP contribution is 2.28. The number of ether oxygens (including phenoxy) is 2. The number of Topliss-reactive ketones (excluding diaryl/α,β-unsaturated/α-hetero) is 1. The number of carbonyl (C=O) groups excluding carboxylic acids is 6. The molecule has 0 unspecified atom stereocenters. The molecule has 1 aliphatic heterocycles. The summed E-state index contributed by atoms with van der Waals surface area (Å²) >= 11 is 0. The van der Waals surface area contributed by atoms with E-state index in [4.69, 9.17) is 13.9 Å². The van der Waals surface area contributed by atoms with E-state index < -0.39 is 30.2 Å². The second kappa shape index (κ2) is 10.1. The van der Waals surface area contributed by atoms with Gasteiger partial charge in [0.1, 0.15) is 11.3 Å². The number of nitrogens with one attached hydrogen (secondary N) is 1. The minimum atomic E-state index is -0.841. The second-order valence-electron chi connectivity index (χ2n) is 7.31. The molecule has 3 rings (SSSR count). The summed E-state index contributed by atoms with van der Waals surface area (Å²) in [5, 5.41) is 2.31. The molecule has 178 valence electrons. The lowest BCUT2D eigenvalue weighted by atomic mass is 10.1. The zero-order chi connectivity index (χ0) is 25.0. The molecule has 0 saturated carbocycles. The third-order valence-electron chi connectivity index (χ3n) is 4.92. The zero-order valence-electron chi connectivity index (χ0n) is 18.8. The molecule has 0 spiro atoms. The lowest BCUT2D eigenvalue weighted by Gasteiger charge is -2.14. The third-order valence-corrected chi connectivity index (χ3v) is 4.92. The van der Waals surface area contributed by atoms with Crippen LogP contribution < -0.4 is 10.2 Å². The number of carbonyl (C=O) groups is 6. The van der Waals surface area contributed by atoms with Crippen molar-refractivity contribution in [1.29, 1.82) is 0 Å². The van der Waals surface area contributed by atoms with Crippen molar-refractivity contribution in [2.45, 2.75) is 33.6 Å². The van der Waals surface area contributed by atoms with Gasteiger partial charge in [0.05, 0.1) is 23.4 Å². The molecule has 0 aliphatic carbocycles. The van der Waals surface area contributed by atoms with Crippen molar-refractivity contribution in [2.75, 3.05) is 23.4 Å². The van der Waals surface area contributed by atoms with E-state index in [9.17, 15) is 28.8 Å². The van der Waals surface area contributed by atoms with E-state index in [1.54, 1.807) is 6.92 Å². The zero-order valence-corrected chi connectivity index (χ0v) is 18.8. The molecule has 1 aliphatic rings. The van der Waals surface area contributed by atoms with Crippen molar-refractivity contribution < 1.29 is 42.7 Å². The predicted octanol–water partition coefficient (Wildman–Crippen LogP) is 2.42. The molecule has 3 amide bonds. The number of rotatable bonds is 8. The van der Waals surface area contributed by atoms with Crippen molar-refractivity contribution in [3.05, 3.63) is 46.7 Å². The van der Waals surface area contributed by atoms with Gasteiger partial charge in [0.2, 0.25) is 17.7 Å². The summed E-state index contributed by atoms with van der Waals surface area (Å²) < 4.78 is 15.3. The Bertz CT molecular complexity index is 1160. The van der Waals surface area contributed by atoms with Gasteiger partial charge >= 0.3 is 11.9 Å². The predicted molar refractivity (Wildman–Crippen MR) is 116 cm³/mol. The average molecular weight is 470 g/mol. The molecular formula is C23H22N2O9. The SMILES string of the molecule is CCOC(=O)c1c(NC(=O)COC(=O)c2ccc(N3C(=O)CCC3=O)cc2)oc(C)c1C(C)=O. The Morgan fingerprint density at radius 2 is 1.59 bits per heavy atom. The standard InChI is InChI=1S/C23H22N2O9/c1-4-32-23(31)20-19(12(2)26)13(3)34-21(20)24-16(27)11-33-22(30)14-5-7-15(8-6-14)25-17(28)9-10-18(25)29/h5-8H,4,9-11H2,1-3H3,(H,24,27). The second-order valence-corrected chi connectivity index (χ2v) is 7.31. The summed E-state index contributed by atoms with van der Waals surface area (Å²) in [5.74, 6) is -3.73. The Morgan fingerprint density at radius 1 is 0.971 bits per heavy atom. The molecule has 0 radical (unpaired) electrons. The number of hydrogen-bond donors (Lipinski definition) is 1. The molecule has 1 aromatic heterocycles. The van der Waals surface area contributed by atoms with Crippen molar-refractivity contribution >= 4 is 47.0 Å². The molecule has 1 N–H and O–H groups in total. The number of imide groups is 1. The van der Waals surface area contributed by atoms with E-state index in [-0.39, 0.29) is 59.6 Å². The largest absolute Gasteiger partial charge is 0.462 e. The van der Waals surface area contributed by atoms with Crippen LogP contribution in [0.2, 0.25) is 0 Å². The van der Waals surface area contributed by atoms with Gasteiger partial charge in [0.25, 0.3) is 5.91 Å². The quantitative estimate of drug-likeness (QED) is 0.349. The van der Waals surface area contributed by atoms with Crippen LogP contribution in [0.25, 0.3) is 0 Å². The molecule has 0 bridgehead atoms. The van der Waals surface area contributed by atoms with E-state index in [0.717, 1.165) is 4.90 Å². The number of furan rings is 1. The molecule has 1 fully saturated rings. The Balaban J connectivity index is 1.65. The normalized spacial score (nSPS) is 13.1. The van der Waals surface area contributed by atoms with E-state index in [1.807, 2.05) is 0 Å².